The van der Waals surface area contributed by atoms with Crippen molar-refractivity contribution in [3.63, 3.8) is 0 Å². The lowest BCUT2D eigenvalue weighted by atomic mass is 9.83. The lowest BCUT2D eigenvalue weighted by Gasteiger charge is -2.37. The van der Waals surface area contributed by atoms with Crippen LogP contribution in [0, 0.1) is 11.8 Å². The average molecular weight is 309 g/mol. The van der Waals surface area contributed by atoms with Crippen LogP contribution < -0.4 is 0 Å². The minimum atomic E-state index is 0.0965. The van der Waals surface area contributed by atoms with Crippen molar-refractivity contribution >= 4 is 17.6 Å². The van der Waals surface area contributed by atoms with Crippen LogP contribution in [0.3, 0.4) is 0 Å². The van der Waals surface area contributed by atoms with Crippen LogP contribution in [0.25, 0.3) is 0 Å². The summed E-state index contributed by atoms with van der Waals surface area (Å²) >= 11 is 0. The first kappa shape index (κ1) is 16.8. The van der Waals surface area contributed by atoms with Crippen molar-refractivity contribution in [3.8, 4) is 0 Å². The summed E-state index contributed by atoms with van der Waals surface area (Å²) in [4.78, 5) is 0. The van der Waals surface area contributed by atoms with Gasteiger partial charge in [-0.05, 0) is 11.8 Å². The smallest absolute Gasteiger partial charge is 0.0479 e. The molecule has 2 aliphatic heterocycles. The summed E-state index contributed by atoms with van der Waals surface area (Å²) in [6, 6.07) is 9.90. The van der Waals surface area contributed by atoms with Crippen molar-refractivity contribution in [1.29, 1.82) is 0 Å². The molecule has 20 heavy (non-hydrogen) atoms. The lowest BCUT2D eigenvalue weighted by molar-refractivity contribution is 0.278. The first-order valence-electron chi connectivity index (χ1n) is 9.50. The minimum absolute atomic E-state index is 0.0965. The second-order valence-corrected chi connectivity index (χ2v) is 13.4. The van der Waals surface area contributed by atoms with Gasteiger partial charge in [0.2, 0.25) is 0 Å². The molecule has 116 valence electrons. The molecule has 0 aromatic carbocycles. The predicted molar refractivity (Wildman–Crippen MR) is 95.6 cm³/mol. The van der Waals surface area contributed by atoms with Crippen LogP contribution in [0.15, 0.2) is 0 Å². The van der Waals surface area contributed by atoms with Crippen molar-refractivity contribution in [3.05, 3.63) is 0 Å². The van der Waals surface area contributed by atoms with Crippen LogP contribution in [0.1, 0.15) is 65.2 Å². The molecule has 2 fully saturated rings. The second kappa shape index (κ2) is 9.45. The molecule has 0 N–H and O–H groups in total. The largest absolute Gasteiger partial charge is 0.0657 e. The van der Waals surface area contributed by atoms with Crippen LogP contribution in [0.4, 0.5) is 0 Å². The van der Waals surface area contributed by atoms with Gasteiger partial charge in [0.15, 0.2) is 0 Å². The Morgan fingerprint density at radius 2 is 1.15 bits per heavy atom. The van der Waals surface area contributed by atoms with Gasteiger partial charge in [0.1, 0.15) is 0 Å². The monoisotopic (exact) mass is 308 g/mol. The molecule has 0 unspecified atom stereocenters. The van der Waals surface area contributed by atoms with E-state index < -0.39 is 0 Å². The molecular weight excluding hydrogens is 272 g/mol. The normalized spacial score (nSPS) is 24.3. The summed E-state index contributed by atoms with van der Waals surface area (Å²) < 4.78 is 0. The molecule has 0 aliphatic carbocycles. The van der Waals surface area contributed by atoms with Crippen molar-refractivity contribution < 1.29 is 0 Å². The highest BCUT2D eigenvalue weighted by Crippen LogP contribution is 2.40. The molecule has 0 aromatic rings. The second-order valence-electron chi connectivity index (χ2n) is 7.38. The van der Waals surface area contributed by atoms with Crippen molar-refractivity contribution in [1.82, 2.24) is 0 Å². The molecule has 0 bridgehead atoms. The highest BCUT2D eigenvalue weighted by molar-refractivity contribution is 6.59. The van der Waals surface area contributed by atoms with E-state index in [-0.39, 0.29) is 17.6 Å². The maximum absolute atomic E-state index is 2.38. The van der Waals surface area contributed by atoms with E-state index in [0.29, 0.717) is 0 Å². The van der Waals surface area contributed by atoms with E-state index in [2.05, 4.69) is 13.8 Å². The number of unbranched alkanes of at least 4 members (excludes halogenated alkanes) is 2. The van der Waals surface area contributed by atoms with E-state index >= 15 is 0 Å². The van der Waals surface area contributed by atoms with E-state index in [9.17, 15) is 0 Å². The highest BCUT2D eigenvalue weighted by Gasteiger charge is 2.31. The molecule has 2 radical (unpaired) electrons. The van der Waals surface area contributed by atoms with Gasteiger partial charge in [-0.25, -0.2) is 0 Å². The van der Waals surface area contributed by atoms with Gasteiger partial charge in [-0.1, -0.05) is 101 Å². The van der Waals surface area contributed by atoms with Crippen molar-refractivity contribution in [2.75, 3.05) is 0 Å². The zero-order valence-corrected chi connectivity index (χ0v) is 16.1. The highest BCUT2D eigenvalue weighted by atomic mass is 28.3. The standard InChI is InChI=1S/C18H36Si2/c1-3-5-6-12-20-15-9-18(10-16-20)17-7-13-19(11-4-2)14-8-17/h17-18H,3-16H2,1-2H3. The summed E-state index contributed by atoms with van der Waals surface area (Å²) in [7, 11) is 0.208. The molecular formula is C18H36Si2. The lowest BCUT2D eigenvalue weighted by Crippen LogP contribution is -2.30. The van der Waals surface area contributed by atoms with Crippen molar-refractivity contribution in [2.24, 2.45) is 11.8 Å². The molecule has 2 saturated heterocycles. The third-order valence-corrected chi connectivity index (χ3v) is 12.1. The van der Waals surface area contributed by atoms with E-state index in [1.807, 2.05) is 0 Å². The Hall–Kier alpha value is 0.434. The Balaban J connectivity index is 1.62. The zero-order chi connectivity index (χ0) is 14.2. The third-order valence-electron chi connectivity index (χ3n) is 5.88. The van der Waals surface area contributed by atoms with Crippen LogP contribution >= 0.6 is 0 Å². The fourth-order valence-electron chi connectivity index (χ4n) is 4.52. The average Bonchev–Trinajstić information content (AvgIpc) is 2.49. The topological polar surface area (TPSA) is 0 Å². The van der Waals surface area contributed by atoms with Gasteiger partial charge >= 0.3 is 0 Å². The van der Waals surface area contributed by atoms with E-state index in [1.54, 1.807) is 68.4 Å². The fourth-order valence-corrected chi connectivity index (χ4v) is 10.6. The molecule has 0 aromatic heterocycles. The van der Waals surface area contributed by atoms with Crippen LogP contribution in [0.2, 0.25) is 36.3 Å². The Morgan fingerprint density at radius 1 is 0.650 bits per heavy atom. The van der Waals surface area contributed by atoms with Gasteiger partial charge in [-0.15, -0.1) is 0 Å². The summed E-state index contributed by atoms with van der Waals surface area (Å²) in [5.74, 6) is 2.31. The molecule has 0 spiro atoms. The quantitative estimate of drug-likeness (QED) is 0.377. The Kier molecular flexibility index (Phi) is 7.94. The maximum atomic E-state index is 2.38. The number of rotatable bonds is 7. The molecule has 2 rings (SSSR count). The van der Waals surface area contributed by atoms with Crippen LogP contribution in [-0.2, 0) is 0 Å². The maximum Gasteiger partial charge on any atom is 0.0479 e. The molecule has 2 heterocycles. The first-order valence-corrected chi connectivity index (χ1v) is 13.7. The Bertz CT molecular complexity index is 238. The molecule has 0 saturated carbocycles. The van der Waals surface area contributed by atoms with Gasteiger partial charge < -0.3 is 0 Å². The number of hydrogen-bond donors (Lipinski definition) is 0. The molecule has 0 nitrogen and oxygen atoms in total. The first-order chi connectivity index (χ1) is 9.83. The van der Waals surface area contributed by atoms with Crippen LogP contribution in [-0.4, -0.2) is 17.6 Å². The molecule has 2 aliphatic rings. The molecule has 2 heteroatoms. The summed E-state index contributed by atoms with van der Waals surface area (Å²) in [5.41, 5.74) is 0. The van der Waals surface area contributed by atoms with E-state index in [4.69, 9.17) is 0 Å². The summed E-state index contributed by atoms with van der Waals surface area (Å²) in [5, 5.41) is 0. The number of hydrogen-bond acceptors (Lipinski definition) is 0. The van der Waals surface area contributed by atoms with E-state index in [1.165, 1.54) is 19.3 Å². The SMILES string of the molecule is CCCCC[Si]1CCC(C2CC[Si](CCC)CC2)CC1. The van der Waals surface area contributed by atoms with E-state index in [0.717, 1.165) is 11.8 Å². The van der Waals surface area contributed by atoms with Gasteiger partial charge in [-0.2, -0.15) is 0 Å². The van der Waals surface area contributed by atoms with Gasteiger partial charge in [0.25, 0.3) is 0 Å². The summed E-state index contributed by atoms with van der Waals surface area (Å²) in [6.45, 7) is 4.72. The zero-order valence-electron chi connectivity index (χ0n) is 14.1. The minimum Gasteiger partial charge on any atom is -0.0657 e. The van der Waals surface area contributed by atoms with Crippen LogP contribution in [0.5, 0.6) is 0 Å². The molecule has 0 atom stereocenters. The third kappa shape index (κ3) is 5.33. The predicted octanol–water partition coefficient (Wildman–Crippen LogP) is 6.40. The Morgan fingerprint density at radius 3 is 1.60 bits per heavy atom. The van der Waals surface area contributed by atoms with Gasteiger partial charge in [-0.3, -0.25) is 0 Å². The molecule has 0 amide bonds. The summed E-state index contributed by atoms with van der Waals surface area (Å²) in [6.07, 6.45) is 12.4. The Labute approximate surface area is 131 Å². The van der Waals surface area contributed by atoms with Gasteiger partial charge in [0.05, 0.1) is 0 Å². The van der Waals surface area contributed by atoms with Gasteiger partial charge in [0, 0.05) is 17.6 Å². The fraction of sp³-hybridized carbons (Fsp3) is 1.00. The van der Waals surface area contributed by atoms with Crippen molar-refractivity contribution in [2.45, 2.75) is 101 Å².